The lowest BCUT2D eigenvalue weighted by Gasteiger charge is -2.28. The minimum atomic E-state index is -0.160. The molecule has 0 aromatic heterocycles. The second-order valence-corrected chi connectivity index (χ2v) is 9.85. The molecule has 32 heavy (non-hydrogen) atoms. The van der Waals surface area contributed by atoms with Crippen LogP contribution in [0.15, 0.2) is 91.0 Å². The average molecular weight is 441 g/mol. The Morgan fingerprint density at radius 1 is 0.875 bits per heavy atom. The molecule has 162 valence electrons. The van der Waals surface area contributed by atoms with E-state index in [1.54, 1.807) is 0 Å². The van der Waals surface area contributed by atoms with E-state index < -0.39 is 0 Å². The quantitative estimate of drug-likeness (QED) is 0.348. The molecule has 1 fully saturated rings. The molecule has 1 aliphatic heterocycles. The summed E-state index contributed by atoms with van der Waals surface area (Å²) in [5, 5.41) is 0.809. The summed E-state index contributed by atoms with van der Waals surface area (Å²) >= 11 is 6.59. The molecule has 1 nitrogen and oxygen atoms in total. The second kappa shape index (κ2) is 9.08. The molecular weight excluding hydrogens is 410 g/mol. The third kappa shape index (κ3) is 4.07. The van der Waals surface area contributed by atoms with Crippen molar-refractivity contribution in [3.63, 3.8) is 0 Å². The van der Waals surface area contributed by atoms with Gasteiger partial charge in [-0.1, -0.05) is 91.2 Å². The highest BCUT2D eigenvalue weighted by molar-refractivity contribution is 6.30. The predicted molar refractivity (Wildman–Crippen MR) is 135 cm³/mol. The fourth-order valence-electron chi connectivity index (χ4n) is 5.74. The maximum Gasteiger partial charge on any atom is 0.209 e. The van der Waals surface area contributed by atoms with Gasteiger partial charge in [0.05, 0.1) is 5.41 Å². The molecule has 0 spiro atoms. The molecule has 1 heterocycles. The van der Waals surface area contributed by atoms with E-state index >= 15 is 0 Å². The van der Waals surface area contributed by atoms with Crippen LogP contribution in [0.25, 0.3) is 0 Å². The minimum absolute atomic E-state index is 0.160. The van der Waals surface area contributed by atoms with Gasteiger partial charge in [-0.3, -0.25) is 0 Å². The molecular formula is C30H31ClN+. The second-order valence-electron chi connectivity index (χ2n) is 9.42. The molecule has 0 radical (unpaired) electrons. The zero-order chi connectivity index (χ0) is 22.0. The number of benzene rings is 3. The Morgan fingerprint density at radius 2 is 1.47 bits per heavy atom. The van der Waals surface area contributed by atoms with Crippen molar-refractivity contribution in [3.05, 3.63) is 113 Å². The number of halogens is 1. The molecule has 3 aromatic carbocycles. The van der Waals surface area contributed by atoms with Gasteiger partial charge < -0.3 is 0 Å². The lowest BCUT2D eigenvalue weighted by molar-refractivity contribution is -0.401. The van der Waals surface area contributed by atoms with Gasteiger partial charge in [0, 0.05) is 22.7 Å². The first-order valence-corrected chi connectivity index (χ1v) is 12.2. The van der Waals surface area contributed by atoms with Gasteiger partial charge in [0.15, 0.2) is 5.71 Å². The molecule has 2 heteroatoms. The highest BCUT2D eigenvalue weighted by Gasteiger charge is 2.50. The minimum Gasteiger partial charge on any atom is -0.198 e. The summed E-state index contributed by atoms with van der Waals surface area (Å²) in [6, 6.07) is 28.3. The zero-order valence-corrected chi connectivity index (χ0v) is 19.6. The molecule has 0 N–H and O–H groups in total. The Labute approximate surface area is 197 Å². The van der Waals surface area contributed by atoms with E-state index in [2.05, 4.69) is 96.6 Å². The number of rotatable bonds is 6. The normalized spacial score (nSPS) is 17.9. The molecule has 0 bridgehead atoms. The number of allylic oxidation sites excluding steroid dienone is 2. The molecule has 0 amide bonds. The number of nitrogens with zero attached hydrogens (tertiary/aromatic N) is 1. The SMILES string of the molecule is C[N+]1=C(/C=C/C2CCCC2)C(Cc2ccccc2)(Cc2ccccc2)c2cc(Cl)ccc21. The maximum atomic E-state index is 6.59. The Balaban J connectivity index is 1.68. The van der Waals surface area contributed by atoms with Crippen LogP contribution in [0.1, 0.15) is 42.4 Å². The van der Waals surface area contributed by atoms with Crippen LogP contribution in [0.3, 0.4) is 0 Å². The summed E-state index contributed by atoms with van der Waals surface area (Å²) in [5.74, 6) is 0.703. The fraction of sp³-hybridized carbons (Fsp3) is 0.300. The van der Waals surface area contributed by atoms with Crippen molar-refractivity contribution in [2.24, 2.45) is 5.92 Å². The van der Waals surface area contributed by atoms with Crippen LogP contribution in [0.5, 0.6) is 0 Å². The summed E-state index contributed by atoms with van der Waals surface area (Å²) in [7, 11) is 2.22. The molecule has 3 aromatic rings. The first-order valence-electron chi connectivity index (χ1n) is 11.8. The number of hydrogen-bond acceptors (Lipinski definition) is 0. The lowest BCUT2D eigenvalue weighted by Crippen LogP contribution is -2.39. The van der Waals surface area contributed by atoms with Crippen molar-refractivity contribution in [1.82, 2.24) is 0 Å². The van der Waals surface area contributed by atoms with E-state index in [4.69, 9.17) is 11.6 Å². The number of hydrogen-bond donors (Lipinski definition) is 0. The first-order chi connectivity index (χ1) is 15.7. The van der Waals surface area contributed by atoms with Gasteiger partial charge in [0.2, 0.25) is 5.69 Å². The number of fused-ring (bicyclic) bond motifs is 1. The van der Waals surface area contributed by atoms with Gasteiger partial charge in [0.1, 0.15) is 7.05 Å². The van der Waals surface area contributed by atoms with E-state index in [1.807, 2.05) is 6.07 Å². The van der Waals surface area contributed by atoms with Gasteiger partial charge in [-0.15, -0.1) is 0 Å². The molecule has 2 aliphatic rings. The average Bonchev–Trinajstić information content (AvgIpc) is 3.40. The summed E-state index contributed by atoms with van der Waals surface area (Å²) in [6.07, 6.45) is 12.2. The Kier molecular flexibility index (Phi) is 6.02. The summed E-state index contributed by atoms with van der Waals surface area (Å²) in [5.41, 5.74) is 6.55. The molecule has 1 saturated carbocycles. The van der Waals surface area contributed by atoms with Crippen molar-refractivity contribution in [3.8, 4) is 0 Å². The van der Waals surface area contributed by atoms with Crippen LogP contribution >= 0.6 is 11.6 Å². The van der Waals surface area contributed by atoms with E-state index in [0.29, 0.717) is 5.92 Å². The zero-order valence-electron chi connectivity index (χ0n) is 18.8. The van der Waals surface area contributed by atoms with Crippen LogP contribution in [0, 0.1) is 5.92 Å². The van der Waals surface area contributed by atoms with Gasteiger partial charge in [-0.2, -0.15) is 4.58 Å². The van der Waals surface area contributed by atoms with Crippen molar-refractivity contribution < 1.29 is 4.58 Å². The van der Waals surface area contributed by atoms with Crippen molar-refractivity contribution in [2.75, 3.05) is 7.05 Å². The van der Waals surface area contributed by atoms with Gasteiger partial charge in [-0.25, -0.2) is 0 Å². The van der Waals surface area contributed by atoms with E-state index in [0.717, 1.165) is 17.9 Å². The molecule has 1 aliphatic carbocycles. The monoisotopic (exact) mass is 440 g/mol. The predicted octanol–water partition coefficient (Wildman–Crippen LogP) is 7.54. The lowest BCUT2D eigenvalue weighted by atomic mass is 9.69. The topological polar surface area (TPSA) is 3.01 Å². The van der Waals surface area contributed by atoms with Crippen LogP contribution in [0.4, 0.5) is 5.69 Å². The molecule has 0 unspecified atom stereocenters. The Bertz CT molecular complexity index is 1100. The van der Waals surface area contributed by atoms with Gasteiger partial charge in [0.25, 0.3) is 0 Å². The fourth-order valence-corrected chi connectivity index (χ4v) is 5.92. The van der Waals surface area contributed by atoms with Crippen molar-refractivity contribution in [2.45, 2.75) is 43.9 Å². The van der Waals surface area contributed by atoms with E-state index in [1.165, 1.54) is 53.8 Å². The smallest absolute Gasteiger partial charge is 0.198 e. The van der Waals surface area contributed by atoms with Crippen LogP contribution in [-0.2, 0) is 18.3 Å². The van der Waals surface area contributed by atoms with E-state index in [9.17, 15) is 0 Å². The highest BCUT2D eigenvalue weighted by Crippen LogP contribution is 2.45. The summed E-state index contributed by atoms with van der Waals surface area (Å²) in [6.45, 7) is 0. The Morgan fingerprint density at radius 3 is 2.06 bits per heavy atom. The molecule has 5 rings (SSSR count). The standard InChI is InChI=1S/C30H31ClN/c1-32-28-18-17-26(31)20-27(28)30(21-24-12-4-2-5-13-24,22-25-14-6-3-7-15-25)29(32)19-16-23-10-8-9-11-23/h2-7,12-20,23H,8-11,21-22H2,1H3/q+1/b19-16+. The summed E-state index contributed by atoms with van der Waals surface area (Å²) in [4.78, 5) is 0. The van der Waals surface area contributed by atoms with Crippen LogP contribution in [-0.4, -0.2) is 17.3 Å². The third-order valence-electron chi connectivity index (χ3n) is 7.31. The maximum absolute atomic E-state index is 6.59. The van der Waals surface area contributed by atoms with Crippen molar-refractivity contribution in [1.29, 1.82) is 0 Å². The Hall–Kier alpha value is -2.64. The summed E-state index contributed by atoms with van der Waals surface area (Å²) < 4.78 is 2.41. The van der Waals surface area contributed by atoms with Crippen LogP contribution < -0.4 is 0 Å². The van der Waals surface area contributed by atoms with Crippen molar-refractivity contribution >= 4 is 23.0 Å². The van der Waals surface area contributed by atoms with E-state index in [-0.39, 0.29) is 5.41 Å². The largest absolute Gasteiger partial charge is 0.209 e. The highest BCUT2D eigenvalue weighted by atomic mass is 35.5. The third-order valence-corrected chi connectivity index (χ3v) is 7.55. The van der Waals surface area contributed by atoms with Crippen LogP contribution in [0.2, 0.25) is 5.02 Å². The molecule has 0 atom stereocenters. The van der Waals surface area contributed by atoms with Gasteiger partial charge in [-0.05, 0) is 54.9 Å². The van der Waals surface area contributed by atoms with Gasteiger partial charge >= 0.3 is 0 Å². The first kappa shape index (κ1) is 21.2. The molecule has 0 saturated heterocycles.